The van der Waals surface area contributed by atoms with Crippen LogP contribution in [0.4, 0.5) is 4.79 Å². The lowest BCUT2D eigenvalue weighted by molar-refractivity contribution is -0.139. The van der Waals surface area contributed by atoms with Crippen molar-refractivity contribution in [1.29, 1.82) is 0 Å². The third-order valence-electron chi connectivity index (χ3n) is 3.67. The first-order valence-corrected chi connectivity index (χ1v) is 6.02. The van der Waals surface area contributed by atoms with Gasteiger partial charge in [0.05, 0.1) is 0 Å². The van der Waals surface area contributed by atoms with Crippen molar-refractivity contribution in [1.82, 2.24) is 10.2 Å². The molecule has 3 atom stereocenters. The summed E-state index contributed by atoms with van der Waals surface area (Å²) in [5.41, 5.74) is 0. The molecule has 3 unspecified atom stereocenters. The summed E-state index contributed by atoms with van der Waals surface area (Å²) in [4.78, 5) is 24.6. The van der Waals surface area contributed by atoms with Crippen molar-refractivity contribution in [2.24, 2.45) is 5.92 Å². The number of urea groups is 1. The van der Waals surface area contributed by atoms with Crippen molar-refractivity contribution in [3.63, 3.8) is 0 Å². The van der Waals surface area contributed by atoms with Crippen LogP contribution in [0, 0.1) is 5.92 Å². The Morgan fingerprint density at radius 1 is 1.53 bits per heavy atom. The van der Waals surface area contributed by atoms with Gasteiger partial charge in [0, 0.05) is 12.6 Å². The predicted octanol–water partition coefficient (Wildman–Crippen LogP) is 1.21. The van der Waals surface area contributed by atoms with Gasteiger partial charge in [-0.05, 0) is 31.6 Å². The molecule has 1 heterocycles. The number of likely N-dealkylation sites (tertiary alicyclic amines) is 1. The molecule has 0 aromatic heterocycles. The maximum Gasteiger partial charge on any atom is 0.326 e. The standard InChI is InChI=1S/C12H18N2O3/c1-2-3-10(11(15)16)13-12(17)14-7-8-4-5-9(14)6-8/h2,8-10H,1,3-7H2,(H,13,17)(H,15,16). The molecule has 17 heavy (non-hydrogen) atoms. The van der Waals surface area contributed by atoms with Crippen molar-refractivity contribution >= 4 is 12.0 Å². The number of carbonyl (C=O) groups is 2. The van der Waals surface area contributed by atoms with E-state index in [4.69, 9.17) is 5.11 Å². The van der Waals surface area contributed by atoms with Gasteiger partial charge in [-0.25, -0.2) is 9.59 Å². The van der Waals surface area contributed by atoms with Crippen molar-refractivity contribution in [3.8, 4) is 0 Å². The zero-order valence-electron chi connectivity index (χ0n) is 9.76. The van der Waals surface area contributed by atoms with Crippen LogP contribution in [0.25, 0.3) is 0 Å². The van der Waals surface area contributed by atoms with Crippen LogP contribution in [0.1, 0.15) is 25.7 Å². The van der Waals surface area contributed by atoms with Gasteiger partial charge in [-0.3, -0.25) is 0 Å². The van der Waals surface area contributed by atoms with E-state index in [0.29, 0.717) is 12.0 Å². The summed E-state index contributed by atoms with van der Waals surface area (Å²) in [6.07, 6.45) is 5.09. The molecule has 2 N–H and O–H groups in total. The summed E-state index contributed by atoms with van der Waals surface area (Å²) in [6.45, 7) is 4.27. The quantitative estimate of drug-likeness (QED) is 0.723. The van der Waals surface area contributed by atoms with Gasteiger partial charge < -0.3 is 15.3 Å². The van der Waals surface area contributed by atoms with Crippen LogP contribution in [-0.2, 0) is 4.79 Å². The Bertz CT molecular complexity index is 343. The lowest BCUT2D eigenvalue weighted by Gasteiger charge is -2.28. The molecular weight excluding hydrogens is 220 g/mol. The first-order chi connectivity index (χ1) is 8.11. The Hall–Kier alpha value is -1.52. The number of carbonyl (C=O) groups excluding carboxylic acids is 1. The van der Waals surface area contributed by atoms with Crippen molar-refractivity contribution in [3.05, 3.63) is 12.7 Å². The van der Waals surface area contributed by atoms with Gasteiger partial charge in [0.25, 0.3) is 0 Å². The molecule has 0 radical (unpaired) electrons. The second-order valence-corrected chi connectivity index (χ2v) is 4.85. The van der Waals surface area contributed by atoms with Gasteiger partial charge in [-0.2, -0.15) is 0 Å². The van der Waals surface area contributed by atoms with Gasteiger partial charge in [-0.15, -0.1) is 6.58 Å². The largest absolute Gasteiger partial charge is 0.480 e. The van der Waals surface area contributed by atoms with E-state index in [1.807, 2.05) is 0 Å². The van der Waals surface area contributed by atoms with Crippen LogP contribution < -0.4 is 5.32 Å². The zero-order valence-corrected chi connectivity index (χ0v) is 9.76. The number of hydrogen-bond acceptors (Lipinski definition) is 2. The van der Waals surface area contributed by atoms with Crippen LogP contribution in [0.3, 0.4) is 0 Å². The molecule has 5 nitrogen and oxygen atoms in total. The molecule has 1 aliphatic carbocycles. The van der Waals surface area contributed by atoms with Gasteiger partial charge >= 0.3 is 12.0 Å². The zero-order chi connectivity index (χ0) is 12.4. The van der Waals surface area contributed by atoms with Crippen LogP contribution >= 0.6 is 0 Å². The summed E-state index contributed by atoms with van der Waals surface area (Å²) >= 11 is 0. The number of nitrogens with zero attached hydrogens (tertiary/aromatic N) is 1. The molecule has 0 aromatic rings. The molecule has 5 heteroatoms. The summed E-state index contributed by atoms with van der Waals surface area (Å²) < 4.78 is 0. The Morgan fingerprint density at radius 2 is 2.29 bits per heavy atom. The highest BCUT2D eigenvalue weighted by atomic mass is 16.4. The normalized spacial score (nSPS) is 27.9. The topological polar surface area (TPSA) is 69.6 Å². The smallest absolute Gasteiger partial charge is 0.326 e. The van der Waals surface area contributed by atoms with E-state index < -0.39 is 12.0 Å². The number of carboxylic acid groups (broad SMARTS) is 1. The average molecular weight is 238 g/mol. The number of aliphatic carboxylic acids is 1. The maximum absolute atomic E-state index is 11.9. The molecule has 2 bridgehead atoms. The Kier molecular flexibility index (Phi) is 3.36. The summed E-state index contributed by atoms with van der Waals surface area (Å²) in [6, 6.07) is -0.788. The molecule has 0 spiro atoms. The van der Waals surface area contributed by atoms with Crippen LogP contribution in [0.15, 0.2) is 12.7 Å². The Balaban J connectivity index is 1.91. The first-order valence-electron chi connectivity index (χ1n) is 6.02. The minimum absolute atomic E-state index is 0.244. The molecular formula is C12H18N2O3. The molecule has 2 fully saturated rings. The molecule has 2 rings (SSSR count). The number of rotatable bonds is 4. The van der Waals surface area contributed by atoms with Crippen molar-refractivity contribution < 1.29 is 14.7 Å². The number of piperidine rings is 1. The minimum atomic E-state index is -1.01. The second kappa shape index (κ2) is 4.77. The molecule has 94 valence electrons. The van der Waals surface area contributed by atoms with Gasteiger partial charge in [0.15, 0.2) is 0 Å². The van der Waals surface area contributed by atoms with Crippen LogP contribution in [0.5, 0.6) is 0 Å². The SMILES string of the molecule is C=CCC(NC(=O)N1CC2CCC1C2)C(=O)O. The van der Waals surface area contributed by atoms with Crippen molar-refractivity contribution in [2.75, 3.05) is 6.54 Å². The highest BCUT2D eigenvalue weighted by Gasteiger charge is 2.40. The van der Waals surface area contributed by atoms with Gasteiger partial charge in [-0.1, -0.05) is 6.08 Å². The molecule has 2 amide bonds. The van der Waals surface area contributed by atoms with E-state index >= 15 is 0 Å². The van der Waals surface area contributed by atoms with Crippen molar-refractivity contribution in [2.45, 2.75) is 37.8 Å². The second-order valence-electron chi connectivity index (χ2n) is 4.85. The van der Waals surface area contributed by atoms with E-state index in [0.717, 1.165) is 19.4 Å². The first kappa shape index (κ1) is 12.0. The fourth-order valence-electron chi connectivity index (χ4n) is 2.79. The van der Waals surface area contributed by atoms with E-state index in [1.165, 1.54) is 12.5 Å². The lowest BCUT2D eigenvalue weighted by Crippen LogP contribution is -2.50. The monoisotopic (exact) mass is 238 g/mol. The van der Waals surface area contributed by atoms with Crippen LogP contribution in [0.2, 0.25) is 0 Å². The minimum Gasteiger partial charge on any atom is -0.480 e. The van der Waals surface area contributed by atoms with Gasteiger partial charge in [0.2, 0.25) is 0 Å². The number of amides is 2. The molecule has 0 aromatic carbocycles. The Morgan fingerprint density at radius 3 is 2.76 bits per heavy atom. The molecule has 1 saturated carbocycles. The summed E-state index contributed by atoms with van der Waals surface area (Å²) in [5, 5.41) is 11.5. The Labute approximate surface area is 100 Å². The average Bonchev–Trinajstić information content (AvgIpc) is 2.89. The highest BCUT2D eigenvalue weighted by molar-refractivity contribution is 5.83. The number of hydrogen-bond donors (Lipinski definition) is 2. The predicted molar refractivity (Wildman–Crippen MR) is 62.6 cm³/mol. The molecule has 1 aliphatic heterocycles. The summed E-state index contributed by atoms with van der Waals surface area (Å²) in [7, 11) is 0. The third-order valence-corrected chi connectivity index (χ3v) is 3.67. The van der Waals surface area contributed by atoms with Crippen LogP contribution in [-0.4, -0.2) is 40.6 Å². The van der Waals surface area contributed by atoms with E-state index in [2.05, 4.69) is 11.9 Å². The number of nitrogens with one attached hydrogen (secondary N) is 1. The van der Waals surface area contributed by atoms with E-state index in [-0.39, 0.29) is 12.5 Å². The van der Waals surface area contributed by atoms with E-state index in [9.17, 15) is 9.59 Å². The fourth-order valence-corrected chi connectivity index (χ4v) is 2.79. The maximum atomic E-state index is 11.9. The molecule has 1 saturated heterocycles. The number of fused-ring (bicyclic) bond motifs is 2. The molecule has 2 aliphatic rings. The number of carboxylic acids is 1. The summed E-state index contributed by atoms with van der Waals surface area (Å²) in [5.74, 6) is -0.393. The highest BCUT2D eigenvalue weighted by Crippen LogP contribution is 2.37. The third kappa shape index (κ3) is 2.43. The fraction of sp³-hybridized carbons (Fsp3) is 0.667. The van der Waals surface area contributed by atoms with E-state index in [1.54, 1.807) is 4.90 Å². The van der Waals surface area contributed by atoms with Gasteiger partial charge in [0.1, 0.15) is 6.04 Å². The lowest BCUT2D eigenvalue weighted by atomic mass is 10.1.